The van der Waals surface area contributed by atoms with E-state index in [1.54, 1.807) is 30.3 Å². The molecule has 122 valence electrons. The molecule has 2 aromatic rings. The summed E-state index contributed by atoms with van der Waals surface area (Å²) >= 11 is 0. The van der Waals surface area contributed by atoms with Crippen molar-refractivity contribution < 1.29 is 19.7 Å². The van der Waals surface area contributed by atoms with Gasteiger partial charge in [-0.3, -0.25) is 0 Å². The molecule has 0 bridgehead atoms. The summed E-state index contributed by atoms with van der Waals surface area (Å²) in [6.07, 6.45) is 0.528. The maximum atomic E-state index is 11.9. The van der Waals surface area contributed by atoms with Crippen molar-refractivity contribution in [3.05, 3.63) is 59.7 Å². The number of benzene rings is 2. The van der Waals surface area contributed by atoms with Crippen molar-refractivity contribution in [1.29, 1.82) is 0 Å². The number of nitrogens with two attached hydrogens (primary N) is 1. The van der Waals surface area contributed by atoms with Crippen LogP contribution >= 0.6 is 0 Å². The van der Waals surface area contributed by atoms with Gasteiger partial charge in [0.2, 0.25) is 0 Å². The van der Waals surface area contributed by atoms with Crippen LogP contribution in [0.1, 0.15) is 35.2 Å². The van der Waals surface area contributed by atoms with Gasteiger partial charge in [0.25, 0.3) is 0 Å². The zero-order chi connectivity index (χ0) is 16.8. The second-order valence-electron chi connectivity index (χ2n) is 5.50. The average molecular weight is 315 g/mol. The fourth-order valence-electron chi connectivity index (χ4n) is 2.44. The lowest BCUT2D eigenvalue weighted by atomic mass is 9.90. The molecule has 0 saturated heterocycles. The summed E-state index contributed by atoms with van der Waals surface area (Å²) in [4.78, 5) is 11.9. The Balaban J connectivity index is 1.98. The average Bonchev–Trinajstić information content (AvgIpc) is 2.54. The first-order valence-electron chi connectivity index (χ1n) is 7.48. The van der Waals surface area contributed by atoms with Crippen LogP contribution in [0.25, 0.3) is 0 Å². The minimum atomic E-state index is -0.373. The van der Waals surface area contributed by atoms with Crippen molar-refractivity contribution in [3.8, 4) is 11.5 Å². The molecular weight excluding hydrogens is 294 g/mol. The van der Waals surface area contributed by atoms with E-state index >= 15 is 0 Å². The molecule has 2 atom stereocenters. The predicted octanol–water partition coefficient (Wildman–Crippen LogP) is 2.78. The van der Waals surface area contributed by atoms with Crippen molar-refractivity contribution in [2.75, 3.05) is 6.61 Å². The third-order valence-electron chi connectivity index (χ3n) is 3.73. The van der Waals surface area contributed by atoms with Crippen LogP contribution in [-0.2, 0) is 4.74 Å². The van der Waals surface area contributed by atoms with Gasteiger partial charge in [-0.1, -0.05) is 24.3 Å². The second-order valence-corrected chi connectivity index (χ2v) is 5.50. The highest BCUT2D eigenvalue weighted by molar-refractivity contribution is 5.89. The summed E-state index contributed by atoms with van der Waals surface area (Å²) in [5.41, 5.74) is 7.30. The third kappa shape index (κ3) is 4.47. The molecule has 0 aromatic heterocycles. The van der Waals surface area contributed by atoms with Crippen molar-refractivity contribution in [1.82, 2.24) is 0 Å². The monoisotopic (exact) mass is 315 g/mol. The van der Waals surface area contributed by atoms with E-state index in [2.05, 4.69) is 0 Å². The molecule has 0 spiro atoms. The number of esters is 1. The first-order valence-corrected chi connectivity index (χ1v) is 7.48. The molecule has 5 heteroatoms. The lowest BCUT2D eigenvalue weighted by Crippen LogP contribution is -2.26. The minimum Gasteiger partial charge on any atom is -0.504 e. The molecular formula is C18H21NO4. The number of hydrogen-bond donors (Lipinski definition) is 3. The number of rotatable bonds is 6. The Morgan fingerprint density at radius 3 is 2.43 bits per heavy atom. The van der Waals surface area contributed by atoms with Crippen molar-refractivity contribution >= 4 is 5.97 Å². The topological polar surface area (TPSA) is 92.8 Å². The Morgan fingerprint density at radius 1 is 1.13 bits per heavy atom. The molecule has 0 amide bonds. The zero-order valence-corrected chi connectivity index (χ0v) is 13.0. The Hall–Kier alpha value is -2.53. The van der Waals surface area contributed by atoms with Crippen LogP contribution in [0.4, 0.5) is 0 Å². The van der Waals surface area contributed by atoms with Gasteiger partial charge in [-0.05, 0) is 43.2 Å². The second kappa shape index (κ2) is 7.65. The fraction of sp³-hybridized carbons (Fsp3) is 0.278. The van der Waals surface area contributed by atoms with E-state index < -0.39 is 0 Å². The van der Waals surface area contributed by atoms with Crippen LogP contribution in [0.5, 0.6) is 11.5 Å². The summed E-state index contributed by atoms with van der Waals surface area (Å²) in [5.74, 6) is -0.824. The van der Waals surface area contributed by atoms with Crippen LogP contribution in [0.15, 0.2) is 48.5 Å². The zero-order valence-electron chi connectivity index (χ0n) is 13.0. The van der Waals surface area contributed by atoms with E-state index in [1.165, 1.54) is 12.1 Å². The highest BCUT2D eigenvalue weighted by Gasteiger charge is 2.18. The van der Waals surface area contributed by atoms with Gasteiger partial charge >= 0.3 is 5.97 Å². The molecule has 5 nitrogen and oxygen atoms in total. The normalized spacial score (nSPS) is 13.3. The minimum absolute atomic E-state index is 0.0925. The Labute approximate surface area is 135 Å². The maximum absolute atomic E-state index is 11.9. The number of carbonyl (C=O) groups excluding carboxylic acids is 1. The summed E-state index contributed by atoms with van der Waals surface area (Å²) in [7, 11) is 0. The molecule has 4 N–H and O–H groups in total. The highest BCUT2D eigenvalue weighted by Crippen LogP contribution is 2.31. The maximum Gasteiger partial charge on any atom is 0.338 e. The molecule has 0 radical (unpaired) electrons. The van der Waals surface area contributed by atoms with E-state index in [0.29, 0.717) is 12.0 Å². The quantitative estimate of drug-likeness (QED) is 0.563. The Bertz CT molecular complexity index is 655. The Kier molecular flexibility index (Phi) is 5.60. The van der Waals surface area contributed by atoms with Crippen molar-refractivity contribution in [2.24, 2.45) is 5.73 Å². The molecule has 2 aromatic carbocycles. The van der Waals surface area contributed by atoms with Crippen molar-refractivity contribution in [2.45, 2.75) is 25.3 Å². The molecule has 0 saturated carbocycles. The molecule has 0 fully saturated rings. The molecule has 2 rings (SSSR count). The van der Waals surface area contributed by atoms with E-state index in [1.807, 2.05) is 13.0 Å². The molecule has 1 unspecified atom stereocenters. The van der Waals surface area contributed by atoms with Crippen LogP contribution in [0.3, 0.4) is 0 Å². The van der Waals surface area contributed by atoms with Gasteiger partial charge in [-0.25, -0.2) is 4.79 Å². The van der Waals surface area contributed by atoms with Gasteiger partial charge in [0.15, 0.2) is 11.5 Å². The number of phenolic OH excluding ortho intramolecular Hbond substituents is 2. The molecule has 0 aliphatic heterocycles. The van der Waals surface area contributed by atoms with Crippen LogP contribution in [0.2, 0.25) is 0 Å². The van der Waals surface area contributed by atoms with E-state index in [9.17, 15) is 15.0 Å². The van der Waals surface area contributed by atoms with Crippen LogP contribution in [-0.4, -0.2) is 28.8 Å². The predicted molar refractivity (Wildman–Crippen MR) is 87.5 cm³/mol. The van der Waals surface area contributed by atoms with Crippen molar-refractivity contribution in [3.63, 3.8) is 0 Å². The summed E-state index contributed by atoms with van der Waals surface area (Å²) in [6, 6.07) is 13.2. The lowest BCUT2D eigenvalue weighted by molar-refractivity contribution is 0.0490. The number of aromatic hydroxyl groups is 2. The summed E-state index contributed by atoms with van der Waals surface area (Å²) in [5, 5.41) is 19.0. The molecule has 0 aliphatic rings. The summed E-state index contributed by atoms with van der Waals surface area (Å²) in [6.45, 7) is 2.08. The van der Waals surface area contributed by atoms with E-state index in [4.69, 9.17) is 10.5 Å². The number of phenols is 2. The molecule has 0 heterocycles. The van der Waals surface area contributed by atoms with Gasteiger partial charge in [0, 0.05) is 12.0 Å². The SMILES string of the molecule is C[C@H](N)C(CCOC(=O)c1ccccc1)c1ccc(O)c(O)c1. The van der Waals surface area contributed by atoms with Gasteiger partial charge in [0.1, 0.15) is 0 Å². The largest absolute Gasteiger partial charge is 0.504 e. The van der Waals surface area contributed by atoms with Gasteiger partial charge in [0.05, 0.1) is 12.2 Å². The smallest absolute Gasteiger partial charge is 0.338 e. The van der Waals surface area contributed by atoms with Gasteiger partial charge < -0.3 is 20.7 Å². The Morgan fingerprint density at radius 2 is 1.83 bits per heavy atom. The highest BCUT2D eigenvalue weighted by atomic mass is 16.5. The van der Waals surface area contributed by atoms with Gasteiger partial charge in [-0.15, -0.1) is 0 Å². The fourth-order valence-corrected chi connectivity index (χ4v) is 2.44. The molecule has 0 aliphatic carbocycles. The van der Waals surface area contributed by atoms with Crippen LogP contribution < -0.4 is 5.73 Å². The first-order chi connectivity index (χ1) is 11.0. The third-order valence-corrected chi connectivity index (χ3v) is 3.73. The first kappa shape index (κ1) is 16.8. The van der Waals surface area contributed by atoms with E-state index in [0.717, 1.165) is 5.56 Å². The summed E-state index contributed by atoms with van der Waals surface area (Å²) < 4.78 is 5.28. The standard InChI is InChI=1S/C18H21NO4/c1-12(19)15(14-7-8-16(20)17(21)11-14)9-10-23-18(22)13-5-3-2-4-6-13/h2-8,11-12,15,20-21H,9-10,19H2,1H3/t12-,15?/m0/s1. The van der Waals surface area contributed by atoms with Gasteiger partial charge in [-0.2, -0.15) is 0 Å². The lowest BCUT2D eigenvalue weighted by Gasteiger charge is -2.21. The molecule has 23 heavy (non-hydrogen) atoms. The number of ether oxygens (including phenoxy) is 1. The number of carbonyl (C=O) groups is 1. The van der Waals surface area contributed by atoms with Crippen LogP contribution in [0, 0.1) is 0 Å². The van der Waals surface area contributed by atoms with E-state index in [-0.39, 0.29) is 36.0 Å². The number of hydrogen-bond acceptors (Lipinski definition) is 5.